The molecule has 34 heavy (non-hydrogen) atoms. The van der Waals surface area contributed by atoms with Crippen LogP contribution in [0.5, 0.6) is 5.75 Å². The van der Waals surface area contributed by atoms with Gasteiger partial charge in [0.25, 0.3) is 5.56 Å². The molecule has 0 bridgehead atoms. The fraction of sp³-hybridized carbons (Fsp3) is 0.192. The minimum Gasteiger partial charge on any atom is -0.497 e. The highest BCUT2D eigenvalue weighted by molar-refractivity contribution is 7.89. The molecule has 0 spiro atoms. The number of H-pyrrole nitrogens is 1. The van der Waals surface area contributed by atoms with Crippen LogP contribution in [-0.2, 0) is 23.1 Å². The van der Waals surface area contributed by atoms with Crippen LogP contribution in [0.1, 0.15) is 22.3 Å². The van der Waals surface area contributed by atoms with Crippen LogP contribution in [-0.4, -0.2) is 24.8 Å². The Kier molecular flexibility index (Phi) is 6.79. The second-order valence-corrected chi connectivity index (χ2v) is 10.6. The molecule has 0 saturated carbocycles. The number of aromatic amines is 1. The van der Waals surface area contributed by atoms with Crippen LogP contribution in [0.25, 0.3) is 10.9 Å². The Balaban J connectivity index is 1.78. The summed E-state index contributed by atoms with van der Waals surface area (Å²) >= 11 is 6.23. The highest BCUT2D eigenvalue weighted by atomic mass is 35.5. The summed E-state index contributed by atoms with van der Waals surface area (Å²) < 4.78 is 33.9. The van der Waals surface area contributed by atoms with Crippen LogP contribution in [0.3, 0.4) is 0 Å². The lowest BCUT2D eigenvalue weighted by Gasteiger charge is -2.23. The van der Waals surface area contributed by atoms with Crippen molar-refractivity contribution in [2.45, 2.75) is 31.8 Å². The average molecular weight is 497 g/mol. The van der Waals surface area contributed by atoms with E-state index >= 15 is 0 Å². The van der Waals surface area contributed by atoms with E-state index in [4.69, 9.17) is 16.3 Å². The molecule has 1 N–H and O–H groups in total. The van der Waals surface area contributed by atoms with Crippen LogP contribution in [0.4, 0.5) is 0 Å². The number of halogens is 1. The number of aryl methyl sites for hydroxylation is 2. The molecular weight excluding hydrogens is 472 g/mol. The van der Waals surface area contributed by atoms with Gasteiger partial charge < -0.3 is 9.72 Å². The number of benzene rings is 3. The molecule has 0 fully saturated rings. The van der Waals surface area contributed by atoms with Gasteiger partial charge in [-0.15, -0.1) is 0 Å². The van der Waals surface area contributed by atoms with Crippen LogP contribution in [0, 0.1) is 13.8 Å². The first-order valence-corrected chi connectivity index (χ1v) is 12.5. The van der Waals surface area contributed by atoms with E-state index < -0.39 is 10.0 Å². The van der Waals surface area contributed by atoms with E-state index in [1.165, 1.54) is 16.4 Å². The van der Waals surface area contributed by atoms with Gasteiger partial charge in [0, 0.05) is 29.2 Å². The van der Waals surface area contributed by atoms with Crippen LogP contribution in [0.15, 0.2) is 76.4 Å². The summed E-state index contributed by atoms with van der Waals surface area (Å²) in [6.07, 6.45) is 0. The molecule has 4 aromatic rings. The molecule has 0 aliphatic heterocycles. The van der Waals surface area contributed by atoms with Crippen LogP contribution < -0.4 is 10.3 Å². The standard InChI is InChI=1S/C26H25ClN2O4S/c1-17-4-11-25-20(12-17)13-21(26(30)28-25)16-29(15-19-6-8-22(33-3)9-7-19)34(31,32)23-10-5-18(2)24(27)14-23/h4-14H,15-16H2,1-3H3,(H,28,30). The molecule has 0 aliphatic rings. The summed E-state index contributed by atoms with van der Waals surface area (Å²) in [7, 11) is -2.40. The first kappa shape index (κ1) is 24.0. The molecule has 1 heterocycles. The van der Waals surface area contributed by atoms with E-state index in [0.717, 1.165) is 22.1 Å². The Morgan fingerprint density at radius 2 is 1.68 bits per heavy atom. The molecule has 0 aliphatic carbocycles. The largest absolute Gasteiger partial charge is 0.497 e. The lowest BCUT2D eigenvalue weighted by Crippen LogP contribution is -2.32. The van der Waals surface area contributed by atoms with Crippen molar-refractivity contribution in [2.75, 3.05) is 7.11 Å². The van der Waals surface area contributed by atoms with Gasteiger partial charge in [-0.3, -0.25) is 4.79 Å². The van der Waals surface area contributed by atoms with Gasteiger partial charge in [-0.05, 0) is 72.8 Å². The fourth-order valence-electron chi connectivity index (χ4n) is 3.72. The van der Waals surface area contributed by atoms with Crippen LogP contribution in [0.2, 0.25) is 5.02 Å². The minimum absolute atomic E-state index is 0.0725. The molecule has 1 aromatic heterocycles. The number of fused-ring (bicyclic) bond motifs is 1. The Bertz CT molecular complexity index is 1510. The number of rotatable bonds is 7. The third kappa shape index (κ3) is 5.01. The molecule has 0 saturated heterocycles. The number of ether oxygens (including phenoxy) is 1. The van der Waals surface area contributed by atoms with Crippen molar-refractivity contribution in [3.63, 3.8) is 0 Å². The Hall–Kier alpha value is -3.13. The van der Waals surface area contributed by atoms with Crippen molar-refractivity contribution < 1.29 is 13.2 Å². The maximum absolute atomic E-state index is 13.7. The molecule has 6 nitrogen and oxygen atoms in total. The number of hydrogen-bond acceptors (Lipinski definition) is 4. The Labute approximate surface area is 203 Å². The summed E-state index contributed by atoms with van der Waals surface area (Å²) in [4.78, 5) is 15.8. The van der Waals surface area contributed by atoms with Gasteiger partial charge in [0.15, 0.2) is 0 Å². The first-order chi connectivity index (χ1) is 16.2. The van der Waals surface area contributed by atoms with Crippen molar-refractivity contribution in [1.82, 2.24) is 9.29 Å². The molecule has 0 radical (unpaired) electrons. The van der Waals surface area contributed by atoms with Gasteiger partial charge in [-0.25, -0.2) is 8.42 Å². The quantitative estimate of drug-likeness (QED) is 0.381. The highest BCUT2D eigenvalue weighted by Gasteiger charge is 2.26. The van der Waals surface area contributed by atoms with E-state index in [1.807, 2.05) is 32.0 Å². The molecule has 0 unspecified atom stereocenters. The number of sulfonamides is 1. The van der Waals surface area contributed by atoms with E-state index in [9.17, 15) is 13.2 Å². The number of methoxy groups -OCH3 is 1. The van der Waals surface area contributed by atoms with Gasteiger partial charge in [0.05, 0.1) is 12.0 Å². The van der Waals surface area contributed by atoms with Crippen molar-refractivity contribution in [3.05, 3.63) is 104 Å². The predicted molar refractivity (Wildman–Crippen MR) is 135 cm³/mol. The van der Waals surface area contributed by atoms with Crippen molar-refractivity contribution in [2.24, 2.45) is 0 Å². The third-order valence-electron chi connectivity index (χ3n) is 5.72. The van der Waals surface area contributed by atoms with Gasteiger partial charge in [-0.1, -0.05) is 41.4 Å². The second-order valence-electron chi connectivity index (χ2n) is 8.25. The first-order valence-electron chi connectivity index (χ1n) is 10.7. The maximum Gasteiger partial charge on any atom is 0.252 e. The fourth-order valence-corrected chi connectivity index (χ4v) is 5.40. The molecule has 176 valence electrons. The molecule has 0 amide bonds. The monoisotopic (exact) mass is 496 g/mol. The van der Waals surface area contributed by atoms with Crippen molar-refractivity contribution in [3.8, 4) is 5.75 Å². The zero-order chi connectivity index (χ0) is 24.5. The summed E-state index contributed by atoms with van der Waals surface area (Å²) in [5, 5.41) is 1.21. The lowest BCUT2D eigenvalue weighted by molar-refractivity contribution is 0.398. The molecular formula is C26H25ClN2O4S. The zero-order valence-electron chi connectivity index (χ0n) is 19.1. The number of nitrogens with zero attached hydrogens (tertiary/aromatic N) is 1. The van der Waals surface area contributed by atoms with Crippen molar-refractivity contribution in [1.29, 1.82) is 0 Å². The molecule has 3 aromatic carbocycles. The summed E-state index contributed by atoms with van der Waals surface area (Å²) in [5.74, 6) is 0.671. The van der Waals surface area contributed by atoms with Gasteiger partial charge in [0.1, 0.15) is 5.75 Å². The number of nitrogens with one attached hydrogen (secondary N) is 1. The molecule has 8 heteroatoms. The Morgan fingerprint density at radius 3 is 2.35 bits per heavy atom. The molecule has 0 atom stereocenters. The zero-order valence-corrected chi connectivity index (χ0v) is 20.7. The van der Waals surface area contributed by atoms with E-state index in [0.29, 0.717) is 21.9 Å². The second kappa shape index (κ2) is 9.62. The smallest absolute Gasteiger partial charge is 0.252 e. The molecule has 4 rings (SSSR count). The maximum atomic E-state index is 13.7. The van der Waals surface area contributed by atoms with E-state index in [1.54, 1.807) is 43.5 Å². The van der Waals surface area contributed by atoms with Gasteiger partial charge in [-0.2, -0.15) is 4.31 Å². The number of pyridine rings is 1. The summed E-state index contributed by atoms with van der Waals surface area (Å²) in [6, 6.07) is 19.3. The number of hydrogen-bond donors (Lipinski definition) is 1. The summed E-state index contributed by atoms with van der Waals surface area (Å²) in [5.41, 5.74) is 3.32. The summed E-state index contributed by atoms with van der Waals surface area (Å²) in [6.45, 7) is 3.75. The van der Waals surface area contributed by atoms with Crippen LogP contribution >= 0.6 is 11.6 Å². The minimum atomic E-state index is -3.97. The lowest BCUT2D eigenvalue weighted by atomic mass is 10.1. The van der Waals surface area contributed by atoms with Gasteiger partial charge >= 0.3 is 0 Å². The average Bonchev–Trinajstić information content (AvgIpc) is 2.81. The SMILES string of the molecule is COc1ccc(CN(Cc2cc3cc(C)ccc3[nH]c2=O)S(=O)(=O)c2ccc(C)c(Cl)c2)cc1. The number of aromatic nitrogens is 1. The highest BCUT2D eigenvalue weighted by Crippen LogP contribution is 2.26. The van der Waals surface area contributed by atoms with E-state index in [-0.39, 0.29) is 23.5 Å². The topological polar surface area (TPSA) is 79.5 Å². The van der Waals surface area contributed by atoms with Crippen molar-refractivity contribution >= 4 is 32.5 Å². The van der Waals surface area contributed by atoms with Gasteiger partial charge in [0.2, 0.25) is 10.0 Å². The Morgan fingerprint density at radius 1 is 0.941 bits per heavy atom. The normalized spacial score (nSPS) is 11.8. The third-order valence-corrected chi connectivity index (χ3v) is 7.92. The predicted octanol–water partition coefficient (Wildman–Crippen LogP) is 5.20. The van der Waals surface area contributed by atoms with E-state index in [2.05, 4.69) is 4.98 Å².